The number of ether oxygens (including phenoxy) is 1. The van der Waals surface area contributed by atoms with Gasteiger partial charge in [0.05, 0.1) is 12.2 Å². The van der Waals surface area contributed by atoms with E-state index >= 15 is 0 Å². The molecule has 0 saturated heterocycles. The quantitative estimate of drug-likeness (QED) is 0.573. The summed E-state index contributed by atoms with van der Waals surface area (Å²) in [6.45, 7) is 4.32. The van der Waals surface area contributed by atoms with E-state index in [1.54, 1.807) is 0 Å². The van der Waals surface area contributed by atoms with Crippen molar-refractivity contribution >= 4 is 17.6 Å². The van der Waals surface area contributed by atoms with Crippen LogP contribution in [0.4, 0.5) is 0 Å². The molecule has 3 heteroatoms. The average molecular weight is 255 g/mol. The highest BCUT2D eigenvalue weighted by Crippen LogP contribution is 2.16. The van der Waals surface area contributed by atoms with Crippen LogP contribution in [-0.2, 0) is 17.6 Å². The molecule has 0 amide bonds. The third-order valence-corrected chi connectivity index (χ3v) is 2.95. The van der Waals surface area contributed by atoms with E-state index in [0.717, 1.165) is 19.3 Å². The number of esters is 1. The van der Waals surface area contributed by atoms with Crippen LogP contribution < -0.4 is 0 Å². The van der Waals surface area contributed by atoms with Crippen LogP contribution in [0.1, 0.15) is 41.8 Å². The molecule has 0 atom stereocenters. The molecule has 0 heterocycles. The zero-order valence-electron chi connectivity index (χ0n) is 10.5. The van der Waals surface area contributed by atoms with Crippen LogP contribution in [0.3, 0.4) is 0 Å². The van der Waals surface area contributed by atoms with Crippen molar-refractivity contribution < 1.29 is 9.53 Å². The Balaban J connectivity index is 2.87. The van der Waals surface area contributed by atoms with E-state index in [2.05, 4.69) is 6.92 Å². The summed E-state index contributed by atoms with van der Waals surface area (Å²) in [6, 6.07) is 5.78. The molecule has 0 aliphatic rings. The predicted molar refractivity (Wildman–Crippen MR) is 70.8 cm³/mol. The van der Waals surface area contributed by atoms with E-state index < -0.39 is 0 Å². The van der Waals surface area contributed by atoms with Crippen molar-refractivity contribution in [2.75, 3.05) is 12.5 Å². The second-order valence-corrected chi connectivity index (χ2v) is 4.23. The number of carbonyl (C=O) groups is 1. The molecule has 0 fully saturated rings. The molecule has 0 spiro atoms. The molecule has 1 rings (SSSR count). The lowest BCUT2D eigenvalue weighted by atomic mass is 9.98. The Hall–Kier alpha value is -1.02. The zero-order valence-corrected chi connectivity index (χ0v) is 11.2. The topological polar surface area (TPSA) is 26.3 Å². The van der Waals surface area contributed by atoms with Gasteiger partial charge in [-0.05, 0) is 49.4 Å². The van der Waals surface area contributed by atoms with Crippen molar-refractivity contribution in [2.24, 2.45) is 0 Å². The Kier molecular flexibility index (Phi) is 6.06. The number of benzene rings is 1. The Morgan fingerprint density at radius 1 is 1.29 bits per heavy atom. The van der Waals surface area contributed by atoms with E-state index in [0.29, 0.717) is 18.1 Å². The largest absolute Gasteiger partial charge is 0.462 e. The molecule has 17 heavy (non-hydrogen) atoms. The first-order chi connectivity index (χ1) is 8.22. The number of rotatable bonds is 6. The van der Waals surface area contributed by atoms with Crippen molar-refractivity contribution in [3.8, 4) is 0 Å². The van der Waals surface area contributed by atoms with Gasteiger partial charge in [0.2, 0.25) is 0 Å². The minimum atomic E-state index is -0.244. The molecule has 0 unspecified atom stereocenters. The monoisotopic (exact) mass is 254 g/mol. The molecule has 1 aromatic carbocycles. The van der Waals surface area contributed by atoms with Gasteiger partial charge >= 0.3 is 5.97 Å². The Morgan fingerprint density at radius 3 is 2.65 bits per heavy atom. The maximum Gasteiger partial charge on any atom is 0.338 e. The lowest BCUT2D eigenvalue weighted by molar-refractivity contribution is 0.0526. The van der Waals surface area contributed by atoms with Crippen LogP contribution in [-0.4, -0.2) is 18.5 Å². The molecular weight excluding hydrogens is 236 g/mol. The Morgan fingerprint density at radius 2 is 2.06 bits per heavy atom. The summed E-state index contributed by atoms with van der Waals surface area (Å²) in [6.07, 6.45) is 2.86. The Bertz CT molecular complexity index is 374. The third kappa shape index (κ3) is 4.04. The van der Waals surface area contributed by atoms with Gasteiger partial charge < -0.3 is 4.74 Å². The number of halogens is 1. The van der Waals surface area contributed by atoms with E-state index in [4.69, 9.17) is 16.3 Å². The van der Waals surface area contributed by atoms with Crippen molar-refractivity contribution in [3.05, 3.63) is 34.9 Å². The molecule has 0 aliphatic heterocycles. The van der Waals surface area contributed by atoms with Gasteiger partial charge in [-0.2, -0.15) is 0 Å². The fourth-order valence-corrected chi connectivity index (χ4v) is 1.93. The van der Waals surface area contributed by atoms with Gasteiger partial charge in [-0.25, -0.2) is 4.79 Å². The summed E-state index contributed by atoms with van der Waals surface area (Å²) in [7, 11) is 0. The summed E-state index contributed by atoms with van der Waals surface area (Å²) < 4.78 is 4.99. The summed E-state index contributed by atoms with van der Waals surface area (Å²) in [5, 5.41) is 0. The molecule has 0 N–H and O–H groups in total. The van der Waals surface area contributed by atoms with Crippen molar-refractivity contribution in [1.29, 1.82) is 0 Å². The number of hydrogen-bond acceptors (Lipinski definition) is 2. The van der Waals surface area contributed by atoms with Crippen LogP contribution in [0, 0.1) is 0 Å². The first-order valence-corrected chi connectivity index (χ1v) is 6.61. The second kappa shape index (κ2) is 7.33. The summed E-state index contributed by atoms with van der Waals surface area (Å²) in [4.78, 5) is 11.6. The van der Waals surface area contributed by atoms with Gasteiger partial charge in [-0.15, -0.1) is 11.6 Å². The van der Waals surface area contributed by atoms with Crippen LogP contribution in [0.2, 0.25) is 0 Å². The number of hydrogen-bond donors (Lipinski definition) is 0. The van der Waals surface area contributed by atoms with Crippen LogP contribution in [0.25, 0.3) is 0 Å². The fraction of sp³-hybridized carbons (Fsp3) is 0.500. The second-order valence-electron chi connectivity index (χ2n) is 3.85. The molecule has 0 saturated carbocycles. The van der Waals surface area contributed by atoms with Gasteiger partial charge in [0.25, 0.3) is 0 Å². The highest BCUT2D eigenvalue weighted by molar-refractivity contribution is 6.17. The summed E-state index contributed by atoms with van der Waals surface area (Å²) in [5.74, 6) is 0.425. The minimum Gasteiger partial charge on any atom is -0.462 e. The van der Waals surface area contributed by atoms with E-state index in [1.807, 2.05) is 25.1 Å². The van der Waals surface area contributed by atoms with Crippen molar-refractivity contribution in [2.45, 2.75) is 33.1 Å². The minimum absolute atomic E-state index is 0.244. The molecule has 94 valence electrons. The van der Waals surface area contributed by atoms with Crippen molar-refractivity contribution in [1.82, 2.24) is 0 Å². The lowest BCUT2D eigenvalue weighted by Crippen LogP contribution is -2.06. The molecule has 0 aliphatic carbocycles. The van der Waals surface area contributed by atoms with Gasteiger partial charge in [0.1, 0.15) is 0 Å². The summed E-state index contributed by atoms with van der Waals surface area (Å²) >= 11 is 5.70. The van der Waals surface area contributed by atoms with Crippen LogP contribution >= 0.6 is 11.6 Å². The first kappa shape index (κ1) is 14.0. The molecule has 0 bridgehead atoms. The number of alkyl halides is 1. The van der Waals surface area contributed by atoms with E-state index in [1.165, 1.54) is 11.1 Å². The first-order valence-electron chi connectivity index (χ1n) is 6.07. The van der Waals surface area contributed by atoms with E-state index in [9.17, 15) is 4.79 Å². The maximum atomic E-state index is 11.6. The van der Waals surface area contributed by atoms with Gasteiger partial charge in [0.15, 0.2) is 0 Å². The maximum absolute atomic E-state index is 11.6. The highest BCUT2D eigenvalue weighted by atomic mass is 35.5. The molecule has 0 radical (unpaired) electrons. The average Bonchev–Trinajstić information content (AvgIpc) is 2.36. The SMILES string of the molecule is CCOC(=O)c1ccc(CCCCl)c(CC)c1. The smallest absolute Gasteiger partial charge is 0.338 e. The predicted octanol–water partition coefficient (Wildman–Crippen LogP) is 3.60. The van der Waals surface area contributed by atoms with E-state index in [-0.39, 0.29) is 5.97 Å². The van der Waals surface area contributed by atoms with Gasteiger partial charge in [0, 0.05) is 5.88 Å². The third-order valence-electron chi connectivity index (χ3n) is 2.68. The fourth-order valence-electron chi connectivity index (χ4n) is 1.80. The highest BCUT2D eigenvalue weighted by Gasteiger charge is 2.09. The van der Waals surface area contributed by atoms with Crippen LogP contribution in [0.15, 0.2) is 18.2 Å². The normalized spacial score (nSPS) is 10.3. The molecule has 0 aromatic heterocycles. The molecule has 1 aromatic rings. The molecular formula is C14H19ClO2. The van der Waals surface area contributed by atoms with Crippen LogP contribution in [0.5, 0.6) is 0 Å². The van der Waals surface area contributed by atoms with Crippen molar-refractivity contribution in [3.63, 3.8) is 0 Å². The van der Waals surface area contributed by atoms with Gasteiger partial charge in [-0.3, -0.25) is 0 Å². The molecule has 2 nitrogen and oxygen atoms in total. The summed E-state index contributed by atoms with van der Waals surface area (Å²) in [5.41, 5.74) is 3.13. The Labute approximate surface area is 108 Å². The number of carbonyl (C=O) groups excluding carboxylic acids is 1. The zero-order chi connectivity index (χ0) is 12.7. The standard InChI is InChI=1S/C14H19ClO2/c1-3-11-10-13(14(16)17-4-2)8-7-12(11)6-5-9-15/h7-8,10H,3-6,9H2,1-2H3. The van der Waals surface area contributed by atoms with Gasteiger partial charge in [-0.1, -0.05) is 13.0 Å². The lowest BCUT2D eigenvalue weighted by Gasteiger charge is -2.09. The number of aryl methyl sites for hydroxylation is 2.